The van der Waals surface area contributed by atoms with E-state index in [2.05, 4.69) is 28.9 Å². The molecule has 6 nitrogen and oxygen atoms in total. The van der Waals surface area contributed by atoms with Crippen LogP contribution in [0.1, 0.15) is 30.1 Å². The molecule has 132 valence electrons. The number of aryl methyl sites for hydroxylation is 1. The number of para-hydroxylation sites is 1. The van der Waals surface area contributed by atoms with E-state index in [1.807, 2.05) is 24.3 Å². The van der Waals surface area contributed by atoms with Crippen molar-refractivity contribution in [3.05, 3.63) is 41.8 Å². The largest absolute Gasteiger partial charge is 0.351 e. The fraction of sp³-hybridized carbons (Fsp3) is 0.389. The molecule has 3 rings (SSSR count). The molecule has 1 amide bonds. The number of carbonyl (C=O) groups is 1. The van der Waals surface area contributed by atoms with Crippen molar-refractivity contribution >= 4 is 32.6 Å². The third-order valence-corrected chi connectivity index (χ3v) is 5.19. The summed E-state index contributed by atoms with van der Waals surface area (Å²) in [6, 6.07) is 9.57. The first-order valence-electron chi connectivity index (χ1n) is 8.45. The standard InChI is InChI=1S/C18H22N4O2S/c1-4-21(5-2)10-11-22(17(23)15-12-13(3)20-24-15)18-19-14-8-6-7-9-16(14)25-18/h6-9,12H,4-5,10-11H2,1-3H3. The van der Waals surface area contributed by atoms with Gasteiger partial charge in [-0.1, -0.05) is 42.5 Å². The van der Waals surface area contributed by atoms with Crippen molar-refractivity contribution < 1.29 is 9.32 Å². The molecule has 0 saturated heterocycles. The van der Waals surface area contributed by atoms with Crippen molar-refractivity contribution in [2.45, 2.75) is 20.8 Å². The van der Waals surface area contributed by atoms with Gasteiger partial charge in [0.25, 0.3) is 5.91 Å². The molecule has 0 atom stereocenters. The van der Waals surface area contributed by atoms with Crippen LogP contribution in [-0.2, 0) is 0 Å². The smallest absolute Gasteiger partial charge is 0.298 e. The van der Waals surface area contributed by atoms with E-state index in [-0.39, 0.29) is 11.7 Å². The lowest BCUT2D eigenvalue weighted by Crippen LogP contribution is -2.38. The van der Waals surface area contributed by atoms with Crippen LogP contribution in [0.3, 0.4) is 0 Å². The number of thiazole rings is 1. The zero-order chi connectivity index (χ0) is 17.8. The Morgan fingerprint density at radius 2 is 1.96 bits per heavy atom. The number of benzene rings is 1. The second-order valence-corrected chi connectivity index (χ2v) is 6.79. The van der Waals surface area contributed by atoms with E-state index in [0.717, 1.165) is 29.9 Å². The monoisotopic (exact) mass is 358 g/mol. The number of hydrogen-bond donors (Lipinski definition) is 0. The third-order valence-electron chi connectivity index (χ3n) is 4.13. The van der Waals surface area contributed by atoms with Gasteiger partial charge in [0, 0.05) is 19.2 Å². The third kappa shape index (κ3) is 3.88. The van der Waals surface area contributed by atoms with Crippen LogP contribution in [0, 0.1) is 6.92 Å². The van der Waals surface area contributed by atoms with Gasteiger partial charge in [-0.25, -0.2) is 4.98 Å². The highest BCUT2D eigenvalue weighted by Crippen LogP contribution is 2.29. The van der Waals surface area contributed by atoms with Gasteiger partial charge in [-0.3, -0.25) is 9.69 Å². The molecule has 0 bridgehead atoms. The van der Waals surface area contributed by atoms with E-state index < -0.39 is 0 Å². The van der Waals surface area contributed by atoms with Crippen LogP contribution in [0.5, 0.6) is 0 Å². The maximum absolute atomic E-state index is 13.0. The zero-order valence-electron chi connectivity index (χ0n) is 14.7. The number of fused-ring (bicyclic) bond motifs is 1. The summed E-state index contributed by atoms with van der Waals surface area (Å²) in [5.41, 5.74) is 1.59. The molecule has 0 aliphatic rings. The van der Waals surface area contributed by atoms with Gasteiger partial charge in [0.1, 0.15) is 0 Å². The van der Waals surface area contributed by atoms with Crippen molar-refractivity contribution in [3.8, 4) is 0 Å². The van der Waals surface area contributed by atoms with E-state index in [1.165, 1.54) is 11.3 Å². The SMILES string of the molecule is CCN(CC)CCN(C(=O)c1cc(C)no1)c1nc2ccccc2s1. The minimum absolute atomic E-state index is 0.202. The van der Waals surface area contributed by atoms with Gasteiger partial charge in [-0.05, 0) is 32.1 Å². The molecule has 0 fully saturated rings. The number of hydrogen-bond acceptors (Lipinski definition) is 6. The summed E-state index contributed by atoms with van der Waals surface area (Å²) in [5, 5.41) is 4.52. The molecule has 7 heteroatoms. The van der Waals surface area contributed by atoms with Crippen LogP contribution in [0.2, 0.25) is 0 Å². The Labute approximate surface area is 151 Å². The van der Waals surface area contributed by atoms with Crippen molar-refractivity contribution in [3.63, 3.8) is 0 Å². The molecular weight excluding hydrogens is 336 g/mol. The Bertz CT molecular complexity index is 821. The molecule has 3 aromatic rings. The summed E-state index contributed by atoms with van der Waals surface area (Å²) < 4.78 is 6.25. The van der Waals surface area contributed by atoms with Crippen molar-refractivity contribution in [2.24, 2.45) is 0 Å². The van der Waals surface area contributed by atoms with Gasteiger partial charge in [-0.2, -0.15) is 0 Å². The Hall–Kier alpha value is -2.25. The fourth-order valence-electron chi connectivity index (χ4n) is 2.64. The van der Waals surface area contributed by atoms with E-state index in [4.69, 9.17) is 4.52 Å². The molecule has 0 aliphatic carbocycles. The number of aromatic nitrogens is 2. The maximum atomic E-state index is 13.0. The quantitative estimate of drug-likeness (QED) is 0.646. The highest BCUT2D eigenvalue weighted by atomic mass is 32.1. The Morgan fingerprint density at radius 1 is 1.20 bits per heavy atom. The van der Waals surface area contributed by atoms with Crippen molar-refractivity contribution in [1.29, 1.82) is 0 Å². The molecule has 0 unspecified atom stereocenters. The molecule has 0 spiro atoms. The predicted molar refractivity (Wildman–Crippen MR) is 100 cm³/mol. The van der Waals surface area contributed by atoms with Crippen molar-refractivity contribution in [2.75, 3.05) is 31.1 Å². The number of carbonyl (C=O) groups excluding carboxylic acids is 1. The molecule has 0 N–H and O–H groups in total. The average Bonchev–Trinajstić information content (AvgIpc) is 3.24. The Kier molecular flexibility index (Phi) is 5.45. The molecular formula is C18H22N4O2S. The van der Waals surface area contributed by atoms with Gasteiger partial charge in [0.05, 0.1) is 15.9 Å². The summed E-state index contributed by atoms with van der Waals surface area (Å²) >= 11 is 1.52. The summed E-state index contributed by atoms with van der Waals surface area (Å²) in [6.45, 7) is 9.26. The first kappa shape index (κ1) is 17.6. The van der Waals surface area contributed by atoms with Gasteiger partial charge in [0.2, 0.25) is 5.76 Å². The number of nitrogens with zero attached hydrogens (tertiary/aromatic N) is 4. The normalized spacial score (nSPS) is 11.4. The van der Waals surface area contributed by atoms with E-state index in [1.54, 1.807) is 17.9 Å². The summed E-state index contributed by atoms with van der Waals surface area (Å²) in [7, 11) is 0. The minimum Gasteiger partial charge on any atom is -0.351 e. The molecule has 2 aromatic heterocycles. The maximum Gasteiger partial charge on any atom is 0.298 e. The first-order chi connectivity index (χ1) is 12.1. The van der Waals surface area contributed by atoms with Gasteiger partial charge in [0.15, 0.2) is 5.13 Å². The number of anilines is 1. The lowest BCUT2D eigenvalue weighted by molar-refractivity contribution is 0.0948. The zero-order valence-corrected chi connectivity index (χ0v) is 15.5. The molecule has 1 aromatic carbocycles. The Morgan fingerprint density at radius 3 is 2.60 bits per heavy atom. The average molecular weight is 358 g/mol. The highest BCUT2D eigenvalue weighted by molar-refractivity contribution is 7.22. The van der Waals surface area contributed by atoms with Crippen LogP contribution in [0.25, 0.3) is 10.2 Å². The lowest BCUT2D eigenvalue weighted by atomic mass is 10.3. The summed E-state index contributed by atoms with van der Waals surface area (Å²) in [4.78, 5) is 21.6. The lowest BCUT2D eigenvalue weighted by Gasteiger charge is -2.23. The minimum atomic E-state index is -0.202. The number of likely N-dealkylation sites (N-methyl/N-ethyl adjacent to an activating group) is 1. The molecule has 0 aliphatic heterocycles. The van der Waals surface area contributed by atoms with E-state index >= 15 is 0 Å². The van der Waals surface area contributed by atoms with Crippen LogP contribution in [0.4, 0.5) is 5.13 Å². The molecule has 2 heterocycles. The number of rotatable bonds is 7. The molecule has 0 saturated carbocycles. The van der Waals surface area contributed by atoms with Crippen LogP contribution in [0.15, 0.2) is 34.9 Å². The van der Waals surface area contributed by atoms with Crippen LogP contribution in [-0.4, -0.2) is 47.1 Å². The Balaban J connectivity index is 1.91. The summed E-state index contributed by atoms with van der Waals surface area (Å²) in [6.07, 6.45) is 0. The predicted octanol–water partition coefficient (Wildman–Crippen LogP) is 3.58. The summed E-state index contributed by atoms with van der Waals surface area (Å²) in [5.74, 6) is 0.0446. The molecule has 0 radical (unpaired) electrons. The van der Waals surface area contributed by atoms with E-state index in [0.29, 0.717) is 17.4 Å². The van der Waals surface area contributed by atoms with Gasteiger partial charge in [-0.15, -0.1) is 0 Å². The van der Waals surface area contributed by atoms with Crippen LogP contribution >= 0.6 is 11.3 Å². The molecule has 25 heavy (non-hydrogen) atoms. The van der Waals surface area contributed by atoms with Crippen molar-refractivity contribution in [1.82, 2.24) is 15.0 Å². The topological polar surface area (TPSA) is 62.5 Å². The second-order valence-electron chi connectivity index (χ2n) is 5.78. The number of amides is 1. The first-order valence-corrected chi connectivity index (χ1v) is 9.27. The van der Waals surface area contributed by atoms with Gasteiger partial charge >= 0.3 is 0 Å². The second kappa shape index (κ2) is 7.76. The van der Waals surface area contributed by atoms with E-state index in [9.17, 15) is 4.79 Å². The highest BCUT2D eigenvalue weighted by Gasteiger charge is 2.24. The van der Waals surface area contributed by atoms with Crippen LogP contribution < -0.4 is 4.90 Å². The fourth-order valence-corrected chi connectivity index (χ4v) is 3.63. The van der Waals surface area contributed by atoms with Gasteiger partial charge < -0.3 is 9.42 Å².